The fourth-order valence-corrected chi connectivity index (χ4v) is 7.97. The average molecular weight is 409 g/mol. The zero-order valence-electron chi connectivity index (χ0n) is 17.0. The van der Waals surface area contributed by atoms with Gasteiger partial charge in [0, 0.05) is 5.92 Å². The second-order valence-electron chi connectivity index (χ2n) is 9.42. The standard InChI is InChI=1S/C21H32O4SSi/c1-20(2,3)27(4,5)25-18-12-9-15-21(17(18)13-14-19(21)22)26(23,24)16-10-7-6-8-11-16/h6-11,15,17-19,22H,12-14H2,1-5H3/t17-,18-,19-,21-/m0/s1. The lowest BCUT2D eigenvalue weighted by molar-refractivity contribution is 0.0808. The molecule has 0 heterocycles. The first kappa shape index (κ1) is 20.8. The van der Waals surface area contributed by atoms with Gasteiger partial charge in [0.15, 0.2) is 18.2 Å². The molecular weight excluding hydrogens is 376 g/mol. The summed E-state index contributed by atoms with van der Waals surface area (Å²) in [5, 5.41) is 10.9. The van der Waals surface area contributed by atoms with Crippen LogP contribution in [0.25, 0.3) is 0 Å². The van der Waals surface area contributed by atoms with E-state index in [0.29, 0.717) is 19.3 Å². The largest absolute Gasteiger partial charge is 0.413 e. The smallest absolute Gasteiger partial charge is 0.192 e. The van der Waals surface area contributed by atoms with Crippen molar-refractivity contribution in [3.8, 4) is 0 Å². The van der Waals surface area contributed by atoms with Crippen molar-refractivity contribution < 1.29 is 18.0 Å². The molecule has 0 spiro atoms. The van der Waals surface area contributed by atoms with E-state index in [1.807, 2.05) is 6.08 Å². The Morgan fingerprint density at radius 1 is 1.15 bits per heavy atom. The number of fused-ring (bicyclic) bond motifs is 1. The topological polar surface area (TPSA) is 63.6 Å². The van der Waals surface area contributed by atoms with Gasteiger partial charge in [0.25, 0.3) is 0 Å². The first-order valence-electron chi connectivity index (χ1n) is 9.77. The maximum Gasteiger partial charge on any atom is 0.192 e. The minimum absolute atomic E-state index is 0.0480. The Labute approximate surface area is 164 Å². The van der Waals surface area contributed by atoms with Crippen LogP contribution in [0.2, 0.25) is 18.1 Å². The quantitative estimate of drug-likeness (QED) is 0.595. The summed E-state index contributed by atoms with van der Waals surface area (Å²) in [7, 11) is -5.79. The molecule has 4 nitrogen and oxygen atoms in total. The molecule has 0 radical (unpaired) electrons. The molecule has 150 valence electrons. The summed E-state index contributed by atoms with van der Waals surface area (Å²) in [6, 6.07) is 8.52. The van der Waals surface area contributed by atoms with E-state index < -0.39 is 29.0 Å². The van der Waals surface area contributed by atoms with Gasteiger partial charge >= 0.3 is 0 Å². The van der Waals surface area contributed by atoms with E-state index >= 15 is 0 Å². The molecule has 2 aliphatic carbocycles. The van der Waals surface area contributed by atoms with Crippen LogP contribution in [-0.2, 0) is 14.3 Å². The first-order chi connectivity index (χ1) is 12.4. The number of rotatable bonds is 4. The van der Waals surface area contributed by atoms with Crippen molar-refractivity contribution in [2.75, 3.05) is 0 Å². The molecule has 0 amide bonds. The second kappa shape index (κ2) is 6.83. The molecule has 6 heteroatoms. The van der Waals surface area contributed by atoms with E-state index in [4.69, 9.17) is 4.43 Å². The van der Waals surface area contributed by atoms with Crippen molar-refractivity contribution in [2.45, 2.75) is 80.0 Å². The van der Waals surface area contributed by atoms with Crippen molar-refractivity contribution in [1.29, 1.82) is 0 Å². The number of benzene rings is 1. The highest BCUT2D eigenvalue weighted by Crippen LogP contribution is 2.52. The van der Waals surface area contributed by atoms with Crippen LogP contribution in [0.15, 0.2) is 47.4 Å². The molecule has 4 atom stereocenters. The van der Waals surface area contributed by atoms with Gasteiger partial charge in [-0.05, 0) is 49.5 Å². The Bertz CT molecular complexity index is 810. The van der Waals surface area contributed by atoms with Gasteiger partial charge in [0.2, 0.25) is 0 Å². The van der Waals surface area contributed by atoms with Crippen LogP contribution in [0.3, 0.4) is 0 Å². The fourth-order valence-electron chi connectivity index (χ4n) is 4.25. The molecule has 2 aliphatic rings. The maximum atomic E-state index is 13.7. The fraction of sp³-hybridized carbons (Fsp3) is 0.619. The zero-order chi connectivity index (χ0) is 20.1. The normalized spacial score (nSPS) is 31.7. The van der Waals surface area contributed by atoms with Crippen molar-refractivity contribution in [3.05, 3.63) is 42.5 Å². The molecule has 3 rings (SSSR count). The number of hydrogen-bond acceptors (Lipinski definition) is 4. The van der Waals surface area contributed by atoms with Crippen LogP contribution in [0.4, 0.5) is 0 Å². The van der Waals surface area contributed by atoms with Gasteiger partial charge in [-0.25, -0.2) is 8.42 Å². The molecule has 0 aromatic heterocycles. The van der Waals surface area contributed by atoms with Gasteiger partial charge in [0.1, 0.15) is 4.75 Å². The van der Waals surface area contributed by atoms with Gasteiger partial charge in [-0.1, -0.05) is 51.1 Å². The molecule has 1 saturated carbocycles. The first-order valence-corrected chi connectivity index (χ1v) is 14.2. The van der Waals surface area contributed by atoms with Crippen LogP contribution in [0, 0.1) is 5.92 Å². The Kier molecular flexibility index (Phi) is 5.26. The monoisotopic (exact) mass is 408 g/mol. The van der Waals surface area contributed by atoms with Gasteiger partial charge in [-0.15, -0.1) is 0 Å². The Hall–Kier alpha value is -0.953. The minimum Gasteiger partial charge on any atom is -0.413 e. The average Bonchev–Trinajstić information content (AvgIpc) is 2.94. The lowest BCUT2D eigenvalue weighted by Gasteiger charge is -2.46. The number of sulfone groups is 1. The van der Waals surface area contributed by atoms with Gasteiger partial charge in [-0.2, -0.15) is 0 Å². The van der Waals surface area contributed by atoms with Gasteiger partial charge in [-0.3, -0.25) is 0 Å². The van der Waals surface area contributed by atoms with Crippen LogP contribution >= 0.6 is 0 Å². The summed E-state index contributed by atoms with van der Waals surface area (Å²) in [5.41, 5.74) is 0. The van der Waals surface area contributed by atoms with Crippen molar-refractivity contribution >= 4 is 18.2 Å². The van der Waals surface area contributed by atoms with Crippen LogP contribution in [0.1, 0.15) is 40.0 Å². The van der Waals surface area contributed by atoms with Crippen LogP contribution < -0.4 is 0 Å². The van der Waals surface area contributed by atoms with Crippen LogP contribution in [0.5, 0.6) is 0 Å². The summed E-state index contributed by atoms with van der Waals surface area (Å²) in [6.07, 6.45) is 4.43. The summed E-state index contributed by atoms with van der Waals surface area (Å²) in [6.45, 7) is 11.0. The van der Waals surface area contributed by atoms with Crippen molar-refractivity contribution in [1.82, 2.24) is 0 Å². The highest BCUT2D eigenvalue weighted by Gasteiger charge is 2.61. The SMILES string of the molecule is CC(C)(C)[Si](C)(C)O[C@H]1CC=C[C@@]2(S(=O)(=O)c3ccccc3)[C@@H](O)CC[C@@H]12. The third kappa shape index (κ3) is 3.24. The van der Waals surface area contributed by atoms with E-state index in [0.717, 1.165) is 0 Å². The van der Waals surface area contributed by atoms with E-state index in [1.165, 1.54) is 0 Å². The summed E-state index contributed by atoms with van der Waals surface area (Å²) in [4.78, 5) is 0.272. The minimum atomic E-state index is -3.73. The molecule has 1 N–H and O–H groups in total. The highest BCUT2D eigenvalue weighted by atomic mass is 32.2. The lowest BCUT2D eigenvalue weighted by Crippen LogP contribution is -2.56. The molecule has 1 aromatic rings. The number of hydrogen-bond donors (Lipinski definition) is 1. The Balaban J connectivity index is 2.04. The molecule has 0 bridgehead atoms. The van der Waals surface area contributed by atoms with Crippen LogP contribution in [-0.4, -0.2) is 38.8 Å². The van der Waals surface area contributed by atoms with Crippen molar-refractivity contribution in [2.24, 2.45) is 5.92 Å². The van der Waals surface area contributed by atoms with Crippen molar-refractivity contribution in [3.63, 3.8) is 0 Å². The summed E-state index contributed by atoms with van der Waals surface area (Å²) in [5.74, 6) is -0.225. The third-order valence-corrected chi connectivity index (χ3v) is 13.9. The van der Waals surface area contributed by atoms with E-state index in [9.17, 15) is 13.5 Å². The predicted octanol–water partition coefficient (Wildman–Crippen LogP) is 4.32. The van der Waals surface area contributed by atoms with E-state index in [-0.39, 0.29) is 22.0 Å². The lowest BCUT2D eigenvalue weighted by atomic mass is 9.83. The molecule has 0 unspecified atom stereocenters. The zero-order valence-corrected chi connectivity index (χ0v) is 18.8. The summed E-state index contributed by atoms with van der Waals surface area (Å²) < 4.78 is 32.7. The molecule has 1 aromatic carbocycles. The summed E-state index contributed by atoms with van der Waals surface area (Å²) >= 11 is 0. The molecular formula is C21H32O4SSi. The highest BCUT2D eigenvalue weighted by molar-refractivity contribution is 7.93. The van der Waals surface area contributed by atoms with Gasteiger partial charge < -0.3 is 9.53 Å². The van der Waals surface area contributed by atoms with E-state index in [2.05, 4.69) is 33.9 Å². The second-order valence-corrected chi connectivity index (χ2v) is 16.4. The predicted molar refractivity (Wildman–Crippen MR) is 111 cm³/mol. The molecule has 0 saturated heterocycles. The molecule has 1 fully saturated rings. The number of aliphatic hydroxyl groups excluding tert-OH is 1. The molecule has 27 heavy (non-hydrogen) atoms. The third-order valence-electron chi connectivity index (χ3n) is 6.82. The van der Waals surface area contributed by atoms with E-state index in [1.54, 1.807) is 36.4 Å². The molecule has 0 aliphatic heterocycles. The maximum absolute atomic E-state index is 13.7. The number of aliphatic hydroxyl groups is 1. The Morgan fingerprint density at radius 2 is 1.78 bits per heavy atom. The Morgan fingerprint density at radius 3 is 2.37 bits per heavy atom. The van der Waals surface area contributed by atoms with Gasteiger partial charge in [0.05, 0.1) is 17.1 Å².